The van der Waals surface area contributed by atoms with Crippen molar-refractivity contribution >= 4 is 12.1 Å². The van der Waals surface area contributed by atoms with Crippen molar-refractivity contribution in [3.05, 3.63) is 0 Å². The van der Waals surface area contributed by atoms with Crippen LogP contribution in [-0.4, -0.2) is 42.9 Å². The Morgan fingerprint density at radius 3 is 2.32 bits per heavy atom. The van der Waals surface area contributed by atoms with Gasteiger partial charge in [-0.15, -0.1) is 0 Å². The van der Waals surface area contributed by atoms with Crippen LogP contribution in [0.2, 0.25) is 0 Å². The standard InChI is InChI=1S/C16H30N2O4/c1-5-21-13(19)11-17-12-16(9-7-6-8-10-16)18-14(20)22-15(2,3)4/h17H,5-12H2,1-4H3,(H,18,20). The van der Waals surface area contributed by atoms with E-state index in [1.54, 1.807) is 6.92 Å². The van der Waals surface area contributed by atoms with E-state index < -0.39 is 11.7 Å². The Balaban J connectivity index is 2.54. The number of nitrogens with one attached hydrogen (secondary N) is 2. The van der Waals surface area contributed by atoms with E-state index in [0.29, 0.717) is 13.2 Å². The molecule has 1 rings (SSSR count). The third kappa shape index (κ3) is 7.11. The lowest BCUT2D eigenvalue weighted by Gasteiger charge is -2.38. The van der Waals surface area contributed by atoms with Crippen molar-refractivity contribution in [1.82, 2.24) is 10.6 Å². The fourth-order valence-electron chi connectivity index (χ4n) is 2.71. The Bertz CT molecular complexity index is 371. The molecule has 0 spiro atoms. The van der Waals surface area contributed by atoms with E-state index >= 15 is 0 Å². The molecule has 0 aromatic carbocycles. The number of hydrogen-bond donors (Lipinski definition) is 2. The average molecular weight is 314 g/mol. The number of carbonyl (C=O) groups is 2. The van der Waals surface area contributed by atoms with Gasteiger partial charge in [-0.1, -0.05) is 19.3 Å². The summed E-state index contributed by atoms with van der Waals surface area (Å²) in [5.41, 5.74) is -0.856. The van der Waals surface area contributed by atoms with Crippen LogP contribution < -0.4 is 10.6 Å². The van der Waals surface area contributed by atoms with Gasteiger partial charge in [-0.25, -0.2) is 4.79 Å². The van der Waals surface area contributed by atoms with Crippen LogP contribution in [0.4, 0.5) is 4.79 Å². The molecule has 1 saturated carbocycles. The number of ether oxygens (including phenoxy) is 2. The van der Waals surface area contributed by atoms with E-state index in [2.05, 4.69) is 10.6 Å². The summed E-state index contributed by atoms with van der Waals surface area (Å²) in [6.07, 6.45) is 4.69. The van der Waals surface area contributed by atoms with Crippen molar-refractivity contribution in [2.75, 3.05) is 19.7 Å². The summed E-state index contributed by atoms with van der Waals surface area (Å²) < 4.78 is 10.3. The highest BCUT2D eigenvalue weighted by molar-refractivity contribution is 5.71. The normalized spacial score (nSPS) is 17.6. The van der Waals surface area contributed by atoms with Gasteiger partial charge in [-0.3, -0.25) is 4.79 Å². The molecule has 0 atom stereocenters. The lowest BCUT2D eigenvalue weighted by Crippen LogP contribution is -2.57. The third-order valence-corrected chi connectivity index (χ3v) is 3.61. The molecule has 6 heteroatoms. The minimum atomic E-state index is -0.516. The largest absolute Gasteiger partial charge is 0.465 e. The molecule has 0 heterocycles. The zero-order valence-corrected chi connectivity index (χ0v) is 14.3. The zero-order chi connectivity index (χ0) is 16.6. The number of esters is 1. The number of amides is 1. The molecule has 22 heavy (non-hydrogen) atoms. The predicted molar refractivity (Wildman–Crippen MR) is 84.7 cm³/mol. The first-order valence-corrected chi connectivity index (χ1v) is 8.14. The van der Waals surface area contributed by atoms with Crippen LogP contribution in [0.1, 0.15) is 59.8 Å². The van der Waals surface area contributed by atoms with Gasteiger partial charge in [0.15, 0.2) is 0 Å². The van der Waals surface area contributed by atoms with E-state index in [0.717, 1.165) is 25.7 Å². The first-order valence-electron chi connectivity index (χ1n) is 8.14. The van der Waals surface area contributed by atoms with Crippen molar-refractivity contribution in [2.45, 2.75) is 70.9 Å². The first-order chi connectivity index (χ1) is 10.3. The summed E-state index contributed by atoms with van der Waals surface area (Å²) in [7, 11) is 0. The molecule has 0 bridgehead atoms. The molecule has 0 radical (unpaired) electrons. The number of hydrogen-bond acceptors (Lipinski definition) is 5. The van der Waals surface area contributed by atoms with Gasteiger partial charge in [0.1, 0.15) is 5.60 Å². The molecule has 1 amide bonds. The third-order valence-electron chi connectivity index (χ3n) is 3.61. The van der Waals surface area contributed by atoms with Gasteiger partial charge >= 0.3 is 12.1 Å². The smallest absolute Gasteiger partial charge is 0.408 e. The highest BCUT2D eigenvalue weighted by atomic mass is 16.6. The van der Waals surface area contributed by atoms with Gasteiger partial charge in [0.25, 0.3) is 0 Å². The van der Waals surface area contributed by atoms with Crippen LogP contribution in [-0.2, 0) is 14.3 Å². The van der Waals surface area contributed by atoms with Gasteiger partial charge in [0.05, 0.1) is 18.7 Å². The second-order valence-corrected chi connectivity index (χ2v) is 6.88. The Morgan fingerprint density at radius 2 is 1.77 bits per heavy atom. The summed E-state index contributed by atoms with van der Waals surface area (Å²) in [5, 5.41) is 6.12. The van der Waals surface area contributed by atoms with E-state index in [1.165, 1.54) is 6.42 Å². The Kier molecular flexibility index (Phi) is 7.13. The zero-order valence-electron chi connectivity index (χ0n) is 14.3. The van der Waals surface area contributed by atoms with Gasteiger partial charge in [0, 0.05) is 6.54 Å². The highest BCUT2D eigenvalue weighted by Gasteiger charge is 2.34. The molecule has 6 nitrogen and oxygen atoms in total. The van der Waals surface area contributed by atoms with Crippen molar-refractivity contribution in [3.63, 3.8) is 0 Å². The topological polar surface area (TPSA) is 76.7 Å². The minimum Gasteiger partial charge on any atom is -0.465 e. The molecular formula is C16H30N2O4. The molecular weight excluding hydrogens is 284 g/mol. The van der Waals surface area contributed by atoms with Crippen LogP contribution in [0.5, 0.6) is 0 Å². The predicted octanol–water partition coefficient (Wildman–Crippen LogP) is 2.37. The maximum Gasteiger partial charge on any atom is 0.408 e. The molecule has 1 aliphatic carbocycles. The van der Waals surface area contributed by atoms with E-state index in [1.807, 2.05) is 20.8 Å². The lowest BCUT2D eigenvalue weighted by atomic mass is 9.81. The van der Waals surface area contributed by atoms with Crippen LogP contribution >= 0.6 is 0 Å². The Hall–Kier alpha value is -1.30. The molecule has 1 aliphatic rings. The molecule has 0 aliphatic heterocycles. The molecule has 0 aromatic rings. The first kappa shape index (κ1) is 18.7. The minimum absolute atomic E-state index is 0.158. The van der Waals surface area contributed by atoms with Crippen molar-refractivity contribution in [1.29, 1.82) is 0 Å². The summed E-state index contributed by atoms with van der Waals surface area (Å²) in [6, 6.07) is 0. The SMILES string of the molecule is CCOC(=O)CNCC1(NC(=O)OC(C)(C)C)CCCCC1. The fraction of sp³-hybridized carbons (Fsp3) is 0.875. The number of rotatable bonds is 6. The van der Waals surface area contributed by atoms with Crippen LogP contribution in [0.25, 0.3) is 0 Å². The maximum atomic E-state index is 12.1. The molecule has 0 aromatic heterocycles. The van der Waals surface area contributed by atoms with Crippen LogP contribution in [0.3, 0.4) is 0 Å². The van der Waals surface area contributed by atoms with Crippen molar-refractivity contribution < 1.29 is 19.1 Å². The summed E-state index contributed by atoms with van der Waals surface area (Å²) in [6.45, 7) is 8.40. The van der Waals surface area contributed by atoms with Gasteiger partial charge in [0.2, 0.25) is 0 Å². The summed E-state index contributed by atoms with van der Waals surface area (Å²) in [4.78, 5) is 23.5. The summed E-state index contributed by atoms with van der Waals surface area (Å²) in [5.74, 6) is -0.272. The van der Waals surface area contributed by atoms with E-state index in [9.17, 15) is 9.59 Å². The van der Waals surface area contributed by atoms with Gasteiger partial charge in [-0.2, -0.15) is 0 Å². The Morgan fingerprint density at radius 1 is 1.14 bits per heavy atom. The van der Waals surface area contributed by atoms with Crippen LogP contribution in [0, 0.1) is 0 Å². The molecule has 0 unspecified atom stereocenters. The summed E-state index contributed by atoms with van der Waals surface area (Å²) >= 11 is 0. The van der Waals surface area contributed by atoms with E-state index in [4.69, 9.17) is 9.47 Å². The number of carbonyl (C=O) groups excluding carboxylic acids is 2. The van der Waals surface area contributed by atoms with Crippen molar-refractivity contribution in [3.8, 4) is 0 Å². The number of alkyl carbamates (subject to hydrolysis) is 1. The lowest BCUT2D eigenvalue weighted by molar-refractivity contribution is -0.142. The van der Waals surface area contributed by atoms with Gasteiger partial charge < -0.3 is 20.1 Å². The van der Waals surface area contributed by atoms with Crippen molar-refractivity contribution in [2.24, 2.45) is 0 Å². The second kappa shape index (κ2) is 8.36. The Labute approximate surface area is 133 Å². The monoisotopic (exact) mass is 314 g/mol. The molecule has 128 valence electrons. The maximum absolute atomic E-state index is 12.1. The quantitative estimate of drug-likeness (QED) is 0.736. The highest BCUT2D eigenvalue weighted by Crippen LogP contribution is 2.28. The fourth-order valence-corrected chi connectivity index (χ4v) is 2.71. The molecule has 2 N–H and O–H groups in total. The molecule has 0 saturated heterocycles. The van der Waals surface area contributed by atoms with E-state index in [-0.39, 0.29) is 18.1 Å². The second-order valence-electron chi connectivity index (χ2n) is 6.88. The average Bonchev–Trinajstić information content (AvgIpc) is 2.37. The van der Waals surface area contributed by atoms with Gasteiger partial charge in [-0.05, 0) is 40.5 Å². The molecule has 1 fully saturated rings. The van der Waals surface area contributed by atoms with Crippen LogP contribution in [0.15, 0.2) is 0 Å².